The molecule has 3 aromatic rings. The largest absolute Gasteiger partial charge is 0.345 e. The van der Waals surface area contributed by atoms with E-state index in [9.17, 15) is 0 Å². The summed E-state index contributed by atoms with van der Waals surface area (Å²) in [6.45, 7) is 0.875. The van der Waals surface area contributed by atoms with Crippen LogP contribution < -0.4 is 4.57 Å². The van der Waals surface area contributed by atoms with Gasteiger partial charge in [-0.3, -0.25) is 0 Å². The lowest BCUT2D eigenvalue weighted by Gasteiger charge is -1.97. The normalized spacial score (nSPS) is 10.9. The first-order chi connectivity index (χ1) is 8.31. The van der Waals surface area contributed by atoms with E-state index in [0.29, 0.717) is 5.15 Å². The minimum absolute atomic E-state index is 0.678. The summed E-state index contributed by atoms with van der Waals surface area (Å²) in [5, 5.41) is 1.81. The fraction of sp³-hybridized carbons (Fsp3) is 0.0714. The van der Waals surface area contributed by atoms with E-state index in [1.807, 2.05) is 18.2 Å². The second kappa shape index (κ2) is 4.22. The Morgan fingerprint density at radius 1 is 1.12 bits per heavy atom. The molecule has 0 saturated carbocycles. The number of benzene rings is 1. The molecule has 2 nitrogen and oxygen atoms in total. The lowest BCUT2D eigenvalue weighted by molar-refractivity contribution is -0.687. The number of pyridine rings is 1. The predicted octanol–water partition coefficient (Wildman–Crippen LogP) is 3.16. The molecule has 0 aliphatic carbocycles. The van der Waals surface area contributed by atoms with Crippen LogP contribution in [-0.4, -0.2) is 4.98 Å². The number of H-pyrrole nitrogens is 1. The van der Waals surface area contributed by atoms with Crippen LogP contribution in [0.5, 0.6) is 0 Å². The van der Waals surface area contributed by atoms with Crippen LogP contribution in [0.3, 0.4) is 0 Å². The summed E-state index contributed by atoms with van der Waals surface area (Å²) >= 11 is 5.93. The smallest absolute Gasteiger partial charge is 0.178 e. The van der Waals surface area contributed by atoms with Gasteiger partial charge in [-0.05, 0) is 6.07 Å². The van der Waals surface area contributed by atoms with Crippen molar-refractivity contribution in [2.75, 3.05) is 0 Å². The molecule has 0 fully saturated rings. The molecule has 0 radical (unpaired) electrons. The lowest BCUT2D eigenvalue weighted by atomic mass is 10.2. The number of fused-ring (bicyclic) bond motifs is 1. The summed E-state index contributed by atoms with van der Waals surface area (Å²) in [5.74, 6) is 0. The number of aromatic nitrogens is 2. The Balaban J connectivity index is 1.95. The van der Waals surface area contributed by atoms with E-state index in [4.69, 9.17) is 11.6 Å². The van der Waals surface area contributed by atoms with Crippen molar-refractivity contribution < 1.29 is 4.57 Å². The molecule has 0 bridgehead atoms. The second-order valence-corrected chi connectivity index (χ2v) is 4.50. The van der Waals surface area contributed by atoms with Gasteiger partial charge in [-0.1, -0.05) is 41.9 Å². The van der Waals surface area contributed by atoms with E-state index in [-0.39, 0.29) is 0 Å². The predicted molar refractivity (Wildman–Crippen MR) is 69.0 cm³/mol. The quantitative estimate of drug-likeness (QED) is 0.667. The van der Waals surface area contributed by atoms with Crippen molar-refractivity contribution in [3.05, 3.63) is 65.6 Å². The van der Waals surface area contributed by atoms with Crippen LogP contribution in [0.4, 0.5) is 0 Å². The Labute approximate surface area is 104 Å². The number of halogens is 1. The fourth-order valence-electron chi connectivity index (χ4n) is 1.98. The Morgan fingerprint density at radius 3 is 2.76 bits per heavy atom. The zero-order chi connectivity index (χ0) is 11.7. The molecule has 0 saturated heterocycles. The van der Waals surface area contributed by atoms with E-state index >= 15 is 0 Å². The molecule has 17 heavy (non-hydrogen) atoms. The average molecular weight is 244 g/mol. The van der Waals surface area contributed by atoms with Crippen molar-refractivity contribution in [2.24, 2.45) is 0 Å². The molecule has 0 atom stereocenters. The highest BCUT2D eigenvalue weighted by molar-refractivity contribution is 6.30. The fourth-order valence-corrected chi connectivity index (χ4v) is 2.20. The summed E-state index contributed by atoms with van der Waals surface area (Å²) in [6, 6.07) is 14.4. The molecule has 3 rings (SSSR count). The van der Waals surface area contributed by atoms with E-state index in [1.54, 1.807) is 0 Å². The molecule has 1 aromatic carbocycles. The maximum Gasteiger partial charge on any atom is 0.178 e. The third-order valence-corrected chi connectivity index (χ3v) is 3.00. The summed E-state index contributed by atoms with van der Waals surface area (Å²) in [5.41, 5.74) is 2.36. The highest BCUT2D eigenvalue weighted by Crippen LogP contribution is 2.16. The molecule has 2 aromatic heterocycles. The number of hydrogen-bond donors (Lipinski definition) is 1. The molecule has 0 unspecified atom stereocenters. The highest BCUT2D eigenvalue weighted by Gasteiger charge is 2.06. The summed E-state index contributed by atoms with van der Waals surface area (Å²) in [6.07, 6.45) is 4.16. The van der Waals surface area contributed by atoms with Crippen LogP contribution in [-0.2, 0) is 6.54 Å². The van der Waals surface area contributed by atoms with Crippen LogP contribution in [0, 0.1) is 0 Å². The van der Waals surface area contributed by atoms with E-state index in [0.717, 1.165) is 17.4 Å². The van der Waals surface area contributed by atoms with Crippen molar-refractivity contribution in [3.8, 4) is 0 Å². The zero-order valence-electron chi connectivity index (χ0n) is 9.23. The molecule has 3 heteroatoms. The highest BCUT2D eigenvalue weighted by atomic mass is 35.5. The van der Waals surface area contributed by atoms with Crippen molar-refractivity contribution >= 4 is 22.5 Å². The molecule has 1 N–H and O–H groups in total. The summed E-state index contributed by atoms with van der Waals surface area (Å²) < 4.78 is 2.15. The van der Waals surface area contributed by atoms with Crippen molar-refractivity contribution in [1.82, 2.24) is 4.98 Å². The SMILES string of the molecule is Clc1cc2c[n+](Cc3ccccc3)ccc2[nH]1. The van der Waals surface area contributed by atoms with Crippen LogP contribution in [0.1, 0.15) is 5.56 Å². The molecular formula is C14H12ClN2+. The van der Waals surface area contributed by atoms with Gasteiger partial charge in [0.2, 0.25) is 0 Å². The lowest BCUT2D eigenvalue weighted by Crippen LogP contribution is -2.32. The van der Waals surface area contributed by atoms with Gasteiger partial charge in [-0.15, -0.1) is 0 Å². The van der Waals surface area contributed by atoms with Gasteiger partial charge in [0.1, 0.15) is 5.15 Å². The minimum atomic E-state index is 0.678. The molecule has 0 aliphatic rings. The van der Waals surface area contributed by atoms with Gasteiger partial charge in [-0.2, -0.15) is 0 Å². The van der Waals surface area contributed by atoms with Gasteiger partial charge in [0.15, 0.2) is 18.9 Å². The Hall–Kier alpha value is -1.80. The number of rotatable bonds is 2. The Kier molecular flexibility index (Phi) is 2.57. The Bertz CT molecular complexity index is 644. The van der Waals surface area contributed by atoms with E-state index in [2.05, 4.69) is 46.2 Å². The first-order valence-corrected chi connectivity index (χ1v) is 5.90. The van der Waals surface area contributed by atoms with Crippen LogP contribution in [0.25, 0.3) is 10.9 Å². The average Bonchev–Trinajstić information content (AvgIpc) is 2.70. The minimum Gasteiger partial charge on any atom is -0.345 e. The van der Waals surface area contributed by atoms with Crippen LogP contribution >= 0.6 is 11.6 Å². The van der Waals surface area contributed by atoms with Gasteiger partial charge in [0.05, 0.1) is 10.9 Å². The number of nitrogens with one attached hydrogen (secondary N) is 1. The second-order valence-electron chi connectivity index (χ2n) is 4.09. The van der Waals surface area contributed by atoms with Gasteiger partial charge in [-0.25, -0.2) is 4.57 Å². The van der Waals surface area contributed by atoms with Gasteiger partial charge in [0.25, 0.3) is 0 Å². The van der Waals surface area contributed by atoms with E-state index < -0.39 is 0 Å². The van der Waals surface area contributed by atoms with Crippen LogP contribution in [0.15, 0.2) is 54.9 Å². The van der Waals surface area contributed by atoms with Gasteiger partial charge >= 0.3 is 0 Å². The standard InChI is InChI=1S/C14H11ClN2/c15-14-8-12-10-17(7-6-13(12)16-14)9-11-4-2-1-3-5-11/h1-8,10H,9H2/p+1. The molecule has 0 amide bonds. The topological polar surface area (TPSA) is 19.7 Å². The van der Waals surface area contributed by atoms with Crippen molar-refractivity contribution in [2.45, 2.75) is 6.54 Å². The molecule has 0 spiro atoms. The first kappa shape index (κ1) is 10.4. The summed E-state index contributed by atoms with van der Waals surface area (Å²) in [7, 11) is 0. The Morgan fingerprint density at radius 2 is 1.94 bits per heavy atom. The van der Waals surface area contributed by atoms with Crippen molar-refractivity contribution in [3.63, 3.8) is 0 Å². The zero-order valence-corrected chi connectivity index (χ0v) is 9.98. The van der Waals surface area contributed by atoms with Gasteiger partial charge in [0, 0.05) is 11.6 Å². The molecular weight excluding hydrogens is 232 g/mol. The third kappa shape index (κ3) is 2.17. The third-order valence-electron chi connectivity index (χ3n) is 2.79. The van der Waals surface area contributed by atoms with E-state index in [1.165, 1.54) is 5.56 Å². The monoisotopic (exact) mass is 243 g/mol. The number of nitrogens with zero attached hydrogens (tertiary/aromatic N) is 1. The molecule has 2 heterocycles. The van der Waals surface area contributed by atoms with Gasteiger partial charge < -0.3 is 4.98 Å². The first-order valence-electron chi connectivity index (χ1n) is 5.52. The maximum atomic E-state index is 5.93. The van der Waals surface area contributed by atoms with Crippen molar-refractivity contribution in [1.29, 1.82) is 0 Å². The molecule has 0 aliphatic heterocycles. The number of aromatic amines is 1. The maximum absolute atomic E-state index is 5.93. The summed E-state index contributed by atoms with van der Waals surface area (Å²) in [4.78, 5) is 3.10. The number of hydrogen-bond acceptors (Lipinski definition) is 0. The molecule has 84 valence electrons. The van der Waals surface area contributed by atoms with Crippen LogP contribution in [0.2, 0.25) is 5.15 Å².